The summed E-state index contributed by atoms with van der Waals surface area (Å²) < 4.78 is 0. The molecule has 0 aliphatic heterocycles. The maximum Gasteiger partial charge on any atom is 0.336 e. The minimum absolute atomic E-state index is 0.00217. The molecule has 0 aromatic heterocycles. The predicted molar refractivity (Wildman–Crippen MR) is 99.7 cm³/mol. The number of aliphatic hydroxyl groups excluding tert-OH is 1. The van der Waals surface area contributed by atoms with Crippen LogP contribution < -0.4 is 0 Å². The van der Waals surface area contributed by atoms with Crippen LogP contribution in [0.4, 0.5) is 0 Å². The van der Waals surface area contributed by atoms with E-state index in [4.69, 9.17) is 0 Å². The molecule has 3 fully saturated rings. The van der Waals surface area contributed by atoms with Crippen LogP contribution in [-0.4, -0.2) is 38.8 Å². The molecule has 9 atom stereocenters. The number of aliphatic carboxylic acids is 1. The highest BCUT2D eigenvalue weighted by Gasteiger charge is 2.71. The SMILES string of the molecule is C[C@@H]1CC2C3C[C@H](C)C4=CC(=O)C=C[C@]4(C)C3[C@@H](O)C[C@]2(C)[C@@]1(O)C(=O)O. The topological polar surface area (TPSA) is 94.8 Å². The van der Waals surface area contributed by atoms with Crippen molar-refractivity contribution in [3.8, 4) is 0 Å². The Balaban J connectivity index is 1.82. The minimum Gasteiger partial charge on any atom is -0.479 e. The van der Waals surface area contributed by atoms with E-state index in [0.717, 1.165) is 12.0 Å². The molecule has 4 rings (SSSR count). The molecule has 0 aromatic carbocycles. The van der Waals surface area contributed by atoms with E-state index in [2.05, 4.69) is 13.8 Å². The van der Waals surface area contributed by atoms with Crippen LogP contribution in [0.25, 0.3) is 0 Å². The van der Waals surface area contributed by atoms with E-state index in [1.165, 1.54) is 0 Å². The molecule has 4 aliphatic carbocycles. The summed E-state index contributed by atoms with van der Waals surface area (Å²) in [7, 11) is 0. The van der Waals surface area contributed by atoms with E-state index in [1.54, 1.807) is 12.2 Å². The monoisotopic (exact) mass is 374 g/mol. The average molecular weight is 374 g/mol. The Kier molecular flexibility index (Phi) is 3.88. The van der Waals surface area contributed by atoms with Crippen molar-refractivity contribution < 1.29 is 24.9 Å². The van der Waals surface area contributed by atoms with Gasteiger partial charge in [0.2, 0.25) is 0 Å². The summed E-state index contributed by atoms with van der Waals surface area (Å²) in [6, 6.07) is 0. The summed E-state index contributed by atoms with van der Waals surface area (Å²) in [5.41, 5.74) is -1.99. The fourth-order valence-electron chi connectivity index (χ4n) is 7.54. The van der Waals surface area contributed by atoms with E-state index in [-0.39, 0.29) is 41.8 Å². The van der Waals surface area contributed by atoms with Gasteiger partial charge < -0.3 is 15.3 Å². The second-order valence-corrected chi connectivity index (χ2v) is 9.95. The van der Waals surface area contributed by atoms with Gasteiger partial charge in [-0.15, -0.1) is 0 Å². The molecule has 0 spiro atoms. The predicted octanol–water partition coefficient (Wildman–Crippen LogP) is 2.57. The molecule has 0 saturated heterocycles. The van der Waals surface area contributed by atoms with Gasteiger partial charge in [-0.25, -0.2) is 4.79 Å². The molecule has 5 nitrogen and oxygen atoms in total. The van der Waals surface area contributed by atoms with Crippen LogP contribution in [0.2, 0.25) is 0 Å². The number of fused-ring (bicyclic) bond motifs is 5. The lowest BCUT2D eigenvalue weighted by atomic mass is 9.45. The van der Waals surface area contributed by atoms with Gasteiger partial charge in [-0.05, 0) is 55.1 Å². The van der Waals surface area contributed by atoms with Crippen molar-refractivity contribution in [1.82, 2.24) is 0 Å². The Morgan fingerprint density at radius 1 is 1.22 bits per heavy atom. The molecule has 0 radical (unpaired) electrons. The number of carboxylic acids is 1. The van der Waals surface area contributed by atoms with E-state index < -0.39 is 28.5 Å². The Morgan fingerprint density at radius 3 is 2.52 bits per heavy atom. The van der Waals surface area contributed by atoms with Crippen molar-refractivity contribution in [2.24, 2.45) is 40.4 Å². The molecule has 0 amide bonds. The standard InChI is InChI=1S/C22H30O5/c1-11-7-14-16-8-12(2)22(27,19(25)26)21(16,4)10-17(24)18(14)20(3)6-5-13(23)9-15(11)20/h5-6,9,11-12,14,16-18,24,27H,7-8,10H2,1-4H3,(H,25,26)/t11-,12+,14?,16?,17-,18?,20-,21-,22-/m0/s1. The van der Waals surface area contributed by atoms with E-state index in [9.17, 15) is 24.9 Å². The van der Waals surface area contributed by atoms with Crippen LogP contribution in [0, 0.1) is 40.4 Å². The first-order valence-electron chi connectivity index (χ1n) is 10.1. The normalized spacial score (nSPS) is 54.0. The van der Waals surface area contributed by atoms with E-state index >= 15 is 0 Å². The molecule has 3 saturated carbocycles. The zero-order valence-corrected chi connectivity index (χ0v) is 16.5. The second-order valence-electron chi connectivity index (χ2n) is 9.95. The van der Waals surface area contributed by atoms with Crippen molar-refractivity contribution in [3.63, 3.8) is 0 Å². The summed E-state index contributed by atoms with van der Waals surface area (Å²) >= 11 is 0. The van der Waals surface area contributed by atoms with Gasteiger partial charge in [-0.2, -0.15) is 0 Å². The number of allylic oxidation sites excluding steroid dienone is 4. The van der Waals surface area contributed by atoms with E-state index in [1.807, 2.05) is 19.9 Å². The Bertz CT molecular complexity index is 769. The third kappa shape index (κ3) is 2.13. The zero-order valence-electron chi connectivity index (χ0n) is 16.5. The summed E-state index contributed by atoms with van der Waals surface area (Å²) in [6.45, 7) is 7.89. The van der Waals surface area contributed by atoms with Crippen LogP contribution in [-0.2, 0) is 9.59 Å². The van der Waals surface area contributed by atoms with Crippen molar-refractivity contribution in [2.75, 3.05) is 0 Å². The Labute approximate surface area is 160 Å². The maximum absolute atomic E-state index is 12.1. The lowest BCUT2D eigenvalue weighted by Crippen LogP contribution is -2.62. The smallest absolute Gasteiger partial charge is 0.336 e. The molecule has 4 aliphatic rings. The number of carbonyl (C=O) groups excluding carboxylic acids is 1. The fourth-order valence-corrected chi connectivity index (χ4v) is 7.54. The van der Waals surface area contributed by atoms with Crippen molar-refractivity contribution >= 4 is 11.8 Å². The number of carboxylic acid groups (broad SMARTS) is 1. The summed E-state index contributed by atoms with van der Waals surface area (Å²) in [5.74, 6) is -1.26. The van der Waals surface area contributed by atoms with Crippen molar-refractivity contribution in [2.45, 2.75) is 58.7 Å². The molecule has 148 valence electrons. The van der Waals surface area contributed by atoms with Crippen molar-refractivity contribution in [3.05, 3.63) is 23.8 Å². The van der Waals surface area contributed by atoms with Gasteiger partial charge in [0, 0.05) is 16.7 Å². The summed E-state index contributed by atoms with van der Waals surface area (Å²) in [6.07, 6.45) is 6.29. The van der Waals surface area contributed by atoms with Crippen LogP contribution in [0.5, 0.6) is 0 Å². The largest absolute Gasteiger partial charge is 0.479 e. The number of hydrogen-bond acceptors (Lipinski definition) is 4. The molecule has 0 heterocycles. The summed E-state index contributed by atoms with van der Waals surface area (Å²) in [5, 5.41) is 32.3. The minimum atomic E-state index is -1.82. The molecule has 3 unspecified atom stereocenters. The summed E-state index contributed by atoms with van der Waals surface area (Å²) in [4.78, 5) is 24.0. The van der Waals surface area contributed by atoms with Gasteiger partial charge in [-0.3, -0.25) is 4.79 Å². The number of rotatable bonds is 1. The molecular weight excluding hydrogens is 344 g/mol. The number of hydrogen-bond donors (Lipinski definition) is 3. The number of aliphatic hydroxyl groups is 2. The molecule has 0 aromatic rings. The fraction of sp³-hybridized carbons (Fsp3) is 0.727. The Hall–Kier alpha value is -1.46. The highest BCUT2D eigenvalue weighted by molar-refractivity contribution is 6.01. The van der Waals surface area contributed by atoms with Crippen LogP contribution in [0.1, 0.15) is 47.0 Å². The molecule has 27 heavy (non-hydrogen) atoms. The lowest BCUT2D eigenvalue weighted by Gasteiger charge is -2.60. The highest BCUT2D eigenvalue weighted by Crippen LogP contribution is 2.68. The Morgan fingerprint density at radius 2 is 1.89 bits per heavy atom. The lowest BCUT2D eigenvalue weighted by molar-refractivity contribution is -0.198. The van der Waals surface area contributed by atoms with Gasteiger partial charge in [0.25, 0.3) is 0 Å². The van der Waals surface area contributed by atoms with Gasteiger partial charge in [0.05, 0.1) is 6.10 Å². The highest BCUT2D eigenvalue weighted by atomic mass is 16.4. The third-order valence-electron chi connectivity index (χ3n) is 8.72. The second kappa shape index (κ2) is 5.54. The average Bonchev–Trinajstić information content (AvgIpc) is 2.78. The number of carbonyl (C=O) groups is 2. The third-order valence-corrected chi connectivity index (χ3v) is 8.72. The first-order valence-corrected chi connectivity index (χ1v) is 10.1. The number of ketones is 1. The molecular formula is C22H30O5. The molecule has 5 heteroatoms. The zero-order chi connectivity index (χ0) is 19.9. The van der Waals surface area contributed by atoms with Gasteiger partial charge >= 0.3 is 5.97 Å². The maximum atomic E-state index is 12.1. The van der Waals surface area contributed by atoms with Gasteiger partial charge in [-0.1, -0.05) is 39.3 Å². The molecule has 3 N–H and O–H groups in total. The van der Waals surface area contributed by atoms with Crippen LogP contribution >= 0.6 is 0 Å². The first kappa shape index (κ1) is 18.9. The molecule has 0 bridgehead atoms. The van der Waals surface area contributed by atoms with E-state index in [0.29, 0.717) is 6.42 Å². The quantitative estimate of drug-likeness (QED) is 0.656. The van der Waals surface area contributed by atoms with Crippen molar-refractivity contribution in [1.29, 1.82) is 0 Å². The van der Waals surface area contributed by atoms with Gasteiger partial charge in [0.1, 0.15) is 0 Å². The first-order chi connectivity index (χ1) is 12.5. The van der Waals surface area contributed by atoms with Crippen LogP contribution in [0.15, 0.2) is 23.8 Å². The van der Waals surface area contributed by atoms with Gasteiger partial charge in [0.15, 0.2) is 11.4 Å². The van der Waals surface area contributed by atoms with Crippen LogP contribution in [0.3, 0.4) is 0 Å².